The molecule has 1 aromatic heterocycles. The molecule has 0 unspecified atom stereocenters. The van der Waals surface area contributed by atoms with Gasteiger partial charge in [0, 0.05) is 19.0 Å². The van der Waals surface area contributed by atoms with E-state index in [9.17, 15) is 22.8 Å². The number of anilines is 1. The highest BCUT2D eigenvalue weighted by atomic mass is 32.1. The standard InChI is InChI=1S/C18H20F3N3O3S/c1-2-11-3-4-13-14(9-11)28-16(22-13)23-15(25)12-5-7-24(8-6-12)17(26)27-10-18(19,20)21/h3-4,9,12H,2,5-8,10H2,1H3,(H,22,23,25). The number of carbonyl (C=O) groups is 2. The number of nitrogens with one attached hydrogen (secondary N) is 1. The Kier molecular flexibility index (Phi) is 6.07. The number of amides is 2. The van der Waals surface area contributed by atoms with Crippen LogP contribution in [0.1, 0.15) is 25.3 Å². The van der Waals surface area contributed by atoms with Crippen LogP contribution in [0.4, 0.5) is 23.1 Å². The number of thiazole rings is 1. The van der Waals surface area contributed by atoms with E-state index in [0.29, 0.717) is 18.0 Å². The van der Waals surface area contributed by atoms with Crippen molar-refractivity contribution < 1.29 is 27.5 Å². The molecule has 2 aromatic rings. The third-order valence-electron chi connectivity index (χ3n) is 4.57. The lowest BCUT2D eigenvalue weighted by Crippen LogP contribution is -2.42. The maximum atomic E-state index is 12.5. The molecule has 1 aromatic carbocycles. The number of nitrogens with zero attached hydrogens (tertiary/aromatic N) is 2. The predicted molar refractivity (Wildman–Crippen MR) is 99.3 cm³/mol. The van der Waals surface area contributed by atoms with Crippen LogP contribution >= 0.6 is 11.3 Å². The van der Waals surface area contributed by atoms with Crippen LogP contribution in [0, 0.1) is 5.92 Å². The van der Waals surface area contributed by atoms with Gasteiger partial charge in [-0.05, 0) is 37.0 Å². The Morgan fingerprint density at radius 2 is 2.04 bits per heavy atom. The minimum absolute atomic E-state index is 0.175. The van der Waals surface area contributed by atoms with Crippen molar-refractivity contribution in [2.24, 2.45) is 5.92 Å². The molecule has 10 heteroatoms. The molecule has 0 atom stereocenters. The highest BCUT2D eigenvalue weighted by molar-refractivity contribution is 7.22. The van der Waals surface area contributed by atoms with Crippen molar-refractivity contribution in [1.29, 1.82) is 0 Å². The molecule has 3 rings (SSSR count). The molecule has 1 saturated heterocycles. The first kappa shape index (κ1) is 20.4. The van der Waals surface area contributed by atoms with Crippen LogP contribution in [0.25, 0.3) is 10.2 Å². The van der Waals surface area contributed by atoms with Crippen molar-refractivity contribution in [1.82, 2.24) is 9.88 Å². The van der Waals surface area contributed by atoms with Gasteiger partial charge in [0.1, 0.15) is 0 Å². The predicted octanol–water partition coefficient (Wildman–Crippen LogP) is 4.21. The number of aryl methyl sites for hydroxylation is 1. The first-order valence-corrected chi connectivity index (χ1v) is 9.75. The minimum Gasteiger partial charge on any atom is -0.440 e. The number of hydrogen-bond donors (Lipinski definition) is 1. The fourth-order valence-electron chi connectivity index (χ4n) is 3.01. The van der Waals surface area contributed by atoms with Crippen molar-refractivity contribution in [3.05, 3.63) is 23.8 Å². The summed E-state index contributed by atoms with van der Waals surface area (Å²) in [6, 6.07) is 5.97. The van der Waals surface area contributed by atoms with Gasteiger partial charge in [-0.25, -0.2) is 9.78 Å². The number of likely N-dealkylation sites (tertiary alicyclic amines) is 1. The average Bonchev–Trinajstić information content (AvgIpc) is 3.06. The van der Waals surface area contributed by atoms with Gasteiger partial charge in [-0.1, -0.05) is 24.3 Å². The summed E-state index contributed by atoms with van der Waals surface area (Å²) in [5.41, 5.74) is 2.01. The average molecular weight is 415 g/mol. The van der Waals surface area contributed by atoms with Crippen LogP contribution in [-0.2, 0) is 16.0 Å². The lowest BCUT2D eigenvalue weighted by atomic mass is 9.96. The molecule has 152 valence electrons. The third kappa shape index (κ3) is 5.12. The number of aromatic nitrogens is 1. The number of halogens is 3. The number of ether oxygens (including phenoxy) is 1. The number of fused-ring (bicyclic) bond motifs is 1. The van der Waals surface area contributed by atoms with Gasteiger partial charge in [-0.2, -0.15) is 13.2 Å². The van der Waals surface area contributed by atoms with Gasteiger partial charge in [0.15, 0.2) is 11.7 Å². The zero-order valence-electron chi connectivity index (χ0n) is 15.2. The monoisotopic (exact) mass is 415 g/mol. The maximum absolute atomic E-state index is 12.5. The maximum Gasteiger partial charge on any atom is 0.422 e. The van der Waals surface area contributed by atoms with Crippen LogP contribution in [0.5, 0.6) is 0 Å². The van der Waals surface area contributed by atoms with Gasteiger partial charge in [0.05, 0.1) is 10.2 Å². The van der Waals surface area contributed by atoms with E-state index in [1.807, 2.05) is 18.2 Å². The van der Waals surface area contributed by atoms with E-state index in [1.165, 1.54) is 21.8 Å². The van der Waals surface area contributed by atoms with Crippen LogP contribution in [0.15, 0.2) is 18.2 Å². The topological polar surface area (TPSA) is 71.5 Å². The van der Waals surface area contributed by atoms with Crippen molar-refractivity contribution in [3.8, 4) is 0 Å². The Labute approximate surface area is 163 Å². The Morgan fingerprint density at radius 1 is 1.32 bits per heavy atom. The number of benzene rings is 1. The molecule has 6 nitrogen and oxygen atoms in total. The van der Waals surface area contributed by atoms with E-state index in [4.69, 9.17) is 0 Å². The largest absolute Gasteiger partial charge is 0.440 e. The normalized spacial score (nSPS) is 15.6. The molecule has 0 spiro atoms. The Hall–Kier alpha value is -2.36. The molecule has 0 radical (unpaired) electrons. The zero-order chi connectivity index (χ0) is 20.3. The fourth-order valence-corrected chi connectivity index (χ4v) is 3.94. The molecule has 1 N–H and O–H groups in total. The molecule has 0 aliphatic carbocycles. The van der Waals surface area contributed by atoms with Crippen LogP contribution in [0.2, 0.25) is 0 Å². The Morgan fingerprint density at radius 3 is 2.68 bits per heavy atom. The van der Waals surface area contributed by atoms with E-state index < -0.39 is 18.9 Å². The van der Waals surface area contributed by atoms with Gasteiger partial charge in [0.25, 0.3) is 0 Å². The molecule has 2 heterocycles. The molecule has 0 bridgehead atoms. The van der Waals surface area contributed by atoms with E-state index in [-0.39, 0.29) is 24.9 Å². The fraction of sp³-hybridized carbons (Fsp3) is 0.500. The van der Waals surface area contributed by atoms with Crippen molar-refractivity contribution in [3.63, 3.8) is 0 Å². The molecule has 2 amide bonds. The molecular formula is C18H20F3N3O3S. The summed E-state index contributed by atoms with van der Waals surface area (Å²) < 4.78 is 41.6. The molecular weight excluding hydrogens is 395 g/mol. The lowest BCUT2D eigenvalue weighted by molar-refractivity contribution is -0.162. The van der Waals surface area contributed by atoms with Gasteiger partial charge >= 0.3 is 12.3 Å². The molecule has 1 aliphatic heterocycles. The number of piperidine rings is 1. The van der Waals surface area contributed by atoms with Gasteiger partial charge in [-0.3, -0.25) is 4.79 Å². The molecule has 28 heavy (non-hydrogen) atoms. The van der Waals surface area contributed by atoms with E-state index in [2.05, 4.69) is 22.0 Å². The second-order valence-electron chi connectivity index (χ2n) is 6.59. The lowest BCUT2D eigenvalue weighted by Gasteiger charge is -2.30. The van der Waals surface area contributed by atoms with E-state index >= 15 is 0 Å². The Balaban J connectivity index is 1.52. The van der Waals surface area contributed by atoms with Crippen LogP contribution in [0.3, 0.4) is 0 Å². The summed E-state index contributed by atoms with van der Waals surface area (Å²) in [5, 5.41) is 3.33. The van der Waals surface area contributed by atoms with Gasteiger partial charge in [-0.15, -0.1) is 0 Å². The molecule has 1 aliphatic rings. The van der Waals surface area contributed by atoms with Crippen LogP contribution in [-0.4, -0.2) is 47.8 Å². The number of hydrogen-bond acceptors (Lipinski definition) is 5. The third-order valence-corrected chi connectivity index (χ3v) is 5.51. The van der Waals surface area contributed by atoms with Crippen molar-refractivity contribution in [2.75, 3.05) is 25.0 Å². The van der Waals surface area contributed by atoms with Crippen LogP contribution < -0.4 is 5.32 Å². The summed E-state index contributed by atoms with van der Waals surface area (Å²) in [7, 11) is 0. The first-order chi connectivity index (χ1) is 13.2. The summed E-state index contributed by atoms with van der Waals surface area (Å²) in [5.74, 6) is -0.525. The Bertz CT molecular complexity index is 861. The first-order valence-electron chi connectivity index (χ1n) is 8.94. The van der Waals surface area contributed by atoms with Crippen molar-refractivity contribution >= 4 is 38.7 Å². The van der Waals surface area contributed by atoms with Crippen molar-refractivity contribution in [2.45, 2.75) is 32.4 Å². The summed E-state index contributed by atoms with van der Waals surface area (Å²) in [6.07, 6.45) is -3.92. The minimum atomic E-state index is -4.55. The summed E-state index contributed by atoms with van der Waals surface area (Å²) in [6.45, 7) is 0.808. The highest BCUT2D eigenvalue weighted by Crippen LogP contribution is 2.28. The van der Waals surface area contributed by atoms with E-state index in [0.717, 1.165) is 16.6 Å². The smallest absolute Gasteiger partial charge is 0.422 e. The van der Waals surface area contributed by atoms with Gasteiger partial charge in [0.2, 0.25) is 5.91 Å². The molecule has 1 fully saturated rings. The number of alkyl halides is 3. The molecule has 0 saturated carbocycles. The SMILES string of the molecule is CCc1ccc2nc(NC(=O)C3CCN(C(=O)OCC(F)(F)F)CC3)sc2c1. The second-order valence-corrected chi connectivity index (χ2v) is 7.63. The number of rotatable bonds is 4. The number of carbonyl (C=O) groups excluding carboxylic acids is 2. The zero-order valence-corrected chi connectivity index (χ0v) is 16.0. The highest BCUT2D eigenvalue weighted by Gasteiger charge is 2.33. The van der Waals surface area contributed by atoms with Gasteiger partial charge < -0.3 is 15.0 Å². The van der Waals surface area contributed by atoms with E-state index in [1.54, 1.807) is 0 Å². The summed E-state index contributed by atoms with van der Waals surface area (Å²) in [4.78, 5) is 29.7. The second kappa shape index (κ2) is 8.34. The quantitative estimate of drug-likeness (QED) is 0.812. The summed E-state index contributed by atoms with van der Waals surface area (Å²) >= 11 is 1.40.